The van der Waals surface area contributed by atoms with Crippen LogP contribution in [0.4, 0.5) is 15.8 Å². The predicted octanol–water partition coefficient (Wildman–Crippen LogP) is 4.93. The van der Waals surface area contributed by atoms with Crippen LogP contribution in [0.25, 0.3) is 11.4 Å². The molecule has 0 aliphatic carbocycles. The maximum absolute atomic E-state index is 13.7. The summed E-state index contributed by atoms with van der Waals surface area (Å²) in [6, 6.07) is 12.9. The van der Waals surface area contributed by atoms with Crippen molar-refractivity contribution < 1.29 is 4.39 Å². The Morgan fingerprint density at radius 3 is 2.68 bits per heavy atom. The van der Waals surface area contributed by atoms with Crippen molar-refractivity contribution in [3.8, 4) is 11.4 Å². The van der Waals surface area contributed by atoms with Gasteiger partial charge < -0.3 is 15.2 Å². The molecule has 5 nitrogen and oxygen atoms in total. The molecule has 0 saturated carbocycles. The van der Waals surface area contributed by atoms with Gasteiger partial charge in [0.1, 0.15) is 11.6 Å². The van der Waals surface area contributed by atoms with E-state index in [2.05, 4.69) is 25.4 Å². The fourth-order valence-electron chi connectivity index (χ4n) is 3.40. The smallest absolute Gasteiger partial charge is 0.175 e. The van der Waals surface area contributed by atoms with Gasteiger partial charge in [0.25, 0.3) is 0 Å². The molecule has 0 atom stereocenters. The van der Waals surface area contributed by atoms with Gasteiger partial charge >= 0.3 is 0 Å². The standard InChI is InChI=1S/C21H22FN5S/c1-14-9-10-17(13-18(14)22)24-21(28)23-16-7-5-6-15(12-16)20-26-25-19-8-3-2-4-11-27(19)20/h5-7,9-10,12-13H,2-4,8,11H2,1H3,(H2,23,24,28). The lowest BCUT2D eigenvalue weighted by atomic mass is 10.2. The number of nitrogens with one attached hydrogen (secondary N) is 2. The molecule has 0 bridgehead atoms. The van der Waals surface area contributed by atoms with Crippen molar-refractivity contribution in [2.45, 2.75) is 39.2 Å². The van der Waals surface area contributed by atoms with Gasteiger partial charge in [0, 0.05) is 29.9 Å². The second-order valence-corrected chi connectivity index (χ2v) is 7.43. The van der Waals surface area contributed by atoms with Gasteiger partial charge in [-0.1, -0.05) is 24.6 Å². The maximum atomic E-state index is 13.7. The molecule has 2 aromatic carbocycles. The number of thiocarbonyl (C=S) groups is 1. The number of hydrogen-bond donors (Lipinski definition) is 2. The van der Waals surface area contributed by atoms with E-state index in [1.54, 1.807) is 19.1 Å². The highest BCUT2D eigenvalue weighted by molar-refractivity contribution is 7.80. The second-order valence-electron chi connectivity index (χ2n) is 7.03. The Hall–Kier alpha value is -2.80. The van der Waals surface area contributed by atoms with E-state index in [1.165, 1.54) is 18.9 Å². The van der Waals surface area contributed by atoms with Gasteiger partial charge in [0.05, 0.1) is 0 Å². The molecule has 0 radical (unpaired) electrons. The first kappa shape index (κ1) is 18.6. The van der Waals surface area contributed by atoms with Crippen molar-refractivity contribution in [2.75, 3.05) is 10.6 Å². The first-order valence-electron chi connectivity index (χ1n) is 9.47. The van der Waals surface area contributed by atoms with Crippen LogP contribution in [0.15, 0.2) is 42.5 Å². The minimum Gasteiger partial charge on any atom is -0.332 e. The van der Waals surface area contributed by atoms with Gasteiger partial charge in [0.2, 0.25) is 0 Å². The average Bonchev–Trinajstić information content (AvgIpc) is 2.93. The molecule has 0 amide bonds. The summed E-state index contributed by atoms with van der Waals surface area (Å²) >= 11 is 5.37. The Morgan fingerprint density at radius 1 is 1.04 bits per heavy atom. The van der Waals surface area contributed by atoms with Crippen LogP contribution < -0.4 is 10.6 Å². The number of halogens is 1. The summed E-state index contributed by atoms with van der Waals surface area (Å²) in [5, 5.41) is 15.4. The molecule has 3 aromatic rings. The largest absolute Gasteiger partial charge is 0.332 e. The Morgan fingerprint density at radius 2 is 1.86 bits per heavy atom. The van der Waals surface area contributed by atoms with Crippen molar-refractivity contribution in [3.05, 3.63) is 59.7 Å². The number of aromatic nitrogens is 3. The number of benzene rings is 2. The summed E-state index contributed by atoms with van der Waals surface area (Å²) in [4.78, 5) is 0. The van der Waals surface area contributed by atoms with Crippen LogP contribution in [-0.2, 0) is 13.0 Å². The van der Waals surface area contributed by atoms with Crippen molar-refractivity contribution in [2.24, 2.45) is 0 Å². The van der Waals surface area contributed by atoms with Gasteiger partial charge in [-0.2, -0.15) is 0 Å². The number of aryl methyl sites for hydroxylation is 2. The fraction of sp³-hybridized carbons (Fsp3) is 0.286. The molecule has 144 valence electrons. The molecule has 1 aliphatic rings. The van der Waals surface area contributed by atoms with Crippen molar-refractivity contribution in [3.63, 3.8) is 0 Å². The van der Waals surface area contributed by atoms with Crippen LogP contribution in [0, 0.1) is 12.7 Å². The monoisotopic (exact) mass is 395 g/mol. The van der Waals surface area contributed by atoms with Crippen LogP contribution in [0.3, 0.4) is 0 Å². The summed E-state index contributed by atoms with van der Waals surface area (Å²) in [6.45, 7) is 2.68. The van der Waals surface area contributed by atoms with E-state index in [0.717, 1.165) is 42.3 Å². The van der Waals surface area contributed by atoms with Crippen molar-refractivity contribution in [1.82, 2.24) is 14.8 Å². The van der Waals surface area contributed by atoms with Gasteiger partial charge in [0.15, 0.2) is 10.9 Å². The molecule has 7 heteroatoms. The van der Waals surface area contributed by atoms with Gasteiger partial charge in [-0.05, 0) is 61.8 Å². The fourth-order valence-corrected chi connectivity index (χ4v) is 3.63. The minimum atomic E-state index is -0.262. The molecule has 0 fully saturated rings. The van der Waals surface area contributed by atoms with E-state index in [0.29, 0.717) is 16.4 Å². The lowest BCUT2D eigenvalue weighted by molar-refractivity contribution is 0.619. The molecule has 28 heavy (non-hydrogen) atoms. The molecule has 0 unspecified atom stereocenters. The highest BCUT2D eigenvalue weighted by Crippen LogP contribution is 2.25. The Kier molecular flexibility index (Phi) is 5.34. The number of anilines is 2. The number of fused-ring (bicyclic) bond motifs is 1. The normalized spacial score (nSPS) is 13.5. The van der Waals surface area contributed by atoms with Crippen LogP contribution in [0.1, 0.15) is 30.7 Å². The van der Waals surface area contributed by atoms with E-state index in [4.69, 9.17) is 12.2 Å². The Labute approximate surface area is 169 Å². The summed E-state index contributed by atoms with van der Waals surface area (Å²) in [5.41, 5.74) is 3.05. The SMILES string of the molecule is Cc1ccc(NC(=S)Nc2cccc(-c3nnc4n3CCCCC4)c2)cc1F. The lowest BCUT2D eigenvalue weighted by Gasteiger charge is -2.12. The molecular weight excluding hydrogens is 373 g/mol. The molecule has 0 saturated heterocycles. The van der Waals surface area contributed by atoms with E-state index in [9.17, 15) is 4.39 Å². The number of rotatable bonds is 3. The highest BCUT2D eigenvalue weighted by atomic mass is 32.1. The summed E-state index contributed by atoms with van der Waals surface area (Å²) in [5.74, 6) is 1.69. The van der Waals surface area contributed by atoms with E-state index < -0.39 is 0 Å². The third kappa shape index (κ3) is 4.04. The summed E-state index contributed by atoms with van der Waals surface area (Å²) in [6.07, 6.45) is 4.52. The van der Waals surface area contributed by atoms with Crippen LogP contribution >= 0.6 is 12.2 Å². The summed E-state index contributed by atoms with van der Waals surface area (Å²) < 4.78 is 15.9. The number of hydrogen-bond acceptors (Lipinski definition) is 3. The lowest BCUT2D eigenvalue weighted by Crippen LogP contribution is -2.19. The average molecular weight is 396 g/mol. The first-order valence-corrected chi connectivity index (χ1v) is 9.87. The molecule has 2 heterocycles. The third-order valence-electron chi connectivity index (χ3n) is 4.92. The molecule has 1 aliphatic heterocycles. The maximum Gasteiger partial charge on any atom is 0.175 e. The van der Waals surface area contributed by atoms with E-state index in [1.807, 2.05) is 24.3 Å². The quantitative estimate of drug-likeness (QED) is 0.616. The molecule has 4 rings (SSSR count). The topological polar surface area (TPSA) is 54.8 Å². The van der Waals surface area contributed by atoms with Crippen LogP contribution in [0.5, 0.6) is 0 Å². The Balaban J connectivity index is 1.50. The van der Waals surface area contributed by atoms with Crippen LogP contribution in [0.2, 0.25) is 0 Å². The zero-order valence-electron chi connectivity index (χ0n) is 15.7. The molecule has 2 N–H and O–H groups in total. The molecule has 1 aromatic heterocycles. The molecular formula is C21H22FN5S. The van der Waals surface area contributed by atoms with E-state index >= 15 is 0 Å². The first-order chi connectivity index (χ1) is 13.6. The van der Waals surface area contributed by atoms with E-state index in [-0.39, 0.29) is 5.82 Å². The van der Waals surface area contributed by atoms with Gasteiger partial charge in [-0.3, -0.25) is 0 Å². The zero-order chi connectivity index (χ0) is 19.5. The van der Waals surface area contributed by atoms with Gasteiger partial charge in [-0.15, -0.1) is 10.2 Å². The molecule has 0 spiro atoms. The zero-order valence-corrected chi connectivity index (χ0v) is 16.5. The van der Waals surface area contributed by atoms with Crippen molar-refractivity contribution >= 4 is 28.7 Å². The second kappa shape index (κ2) is 8.06. The third-order valence-corrected chi connectivity index (χ3v) is 5.12. The number of nitrogens with zero attached hydrogens (tertiary/aromatic N) is 3. The van der Waals surface area contributed by atoms with Gasteiger partial charge in [-0.25, -0.2) is 4.39 Å². The highest BCUT2D eigenvalue weighted by Gasteiger charge is 2.16. The van der Waals surface area contributed by atoms with Crippen LogP contribution in [-0.4, -0.2) is 19.9 Å². The Bertz CT molecular complexity index is 1010. The van der Waals surface area contributed by atoms with Crippen molar-refractivity contribution in [1.29, 1.82) is 0 Å². The predicted molar refractivity (Wildman–Crippen MR) is 114 cm³/mol. The minimum absolute atomic E-state index is 0.262. The summed E-state index contributed by atoms with van der Waals surface area (Å²) in [7, 11) is 0.